The third kappa shape index (κ3) is 14.1. The van der Waals surface area contributed by atoms with E-state index in [0.717, 1.165) is 0 Å². The van der Waals surface area contributed by atoms with Crippen LogP contribution in [0.5, 0.6) is 0 Å². The van der Waals surface area contributed by atoms with Crippen LogP contribution >= 0.6 is 0 Å². The molecule has 0 heterocycles. The van der Waals surface area contributed by atoms with E-state index in [9.17, 15) is 0 Å². The molecule has 0 aliphatic rings. The predicted molar refractivity (Wildman–Crippen MR) is 57.1 cm³/mol. The van der Waals surface area contributed by atoms with Crippen LogP contribution in [0.3, 0.4) is 0 Å². The first-order chi connectivity index (χ1) is 4.91. The Kier molecular flexibility index (Phi) is 18.4. The fourth-order valence-corrected chi connectivity index (χ4v) is 0.399. The molecule has 0 aromatic carbocycles. The summed E-state index contributed by atoms with van der Waals surface area (Å²) < 4.78 is 0. The summed E-state index contributed by atoms with van der Waals surface area (Å²) >= 11 is 0. The molecule has 11 heavy (non-hydrogen) atoms. The largest absolute Gasteiger partial charge is 1.00 e. The second-order valence-corrected chi connectivity index (χ2v) is 1.58. The third-order valence-corrected chi connectivity index (χ3v) is 0.803. The molecule has 41 valence electrons. The third-order valence-electron chi connectivity index (χ3n) is 0.803. The topological polar surface area (TPSA) is 0 Å². The Morgan fingerprint density at radius 2 is 1.27 bits per heavy atom. The van der Waals surface area contributed by atoms with Crippen molar-refractivity contribution in [3.8, 4) is 0 Å². The summed E-state index contributed by atoms with van der Waals surface area (Å²) in [5, 5.41) is 0. The van der Waals surface area contributed by atoms with E-state index in [2.05, 4.69) is 6.82 Å². The molecule has 0 bridgehead atoms. The minimum absolute atomic E-state index is 0. The maximum absolute atomic E-state index is 5.09. The Morgan fingerprint density at radius 3 is 1.73 bits per heavy atom. The van der Waals surface area contributed by atoms with Crippen LogP contribution in [-0.4, -0.2) is 64.3 Å². The summed E-state index contributed by atoms with van der Waals surface area (Å²) in [6.07, 6.45) is 0. The molecule has 0 aliphatic heterocycles. The van der Waals surface area contributed by atoms with Crippen LogP contribution in [0.15, 0.2) is 0 Å². The van der Waals surface area contributed by atoms with E-state index < -0.39 is 0 Å². The van der Waals surface area contributed by atoms with Gasteiger partial charge in [0.25, 0.3) is 0 Å². The molecule has 0 nitrogen and oxygen atoms in total. The maximum Gasteiger partial charge on any atom is 1.00 e. The van der Waals surface area contributed by atoms with Crippen molar-refractivity contribution in [2.45, 2.75) is 0 Å². The van der Waals surface area contributed by atoms with Crippen molar-refractivity contribution in [2.75, 3.05) is 0 Å². The molecular weight excluding hydrogens is 210 g/mol. The van der Waals surface area contributed by atoms with Crippen molar-refractivity contribution >= 4 is 64.3 Å². The minimum atomic E-state index is 0. The van der Waals surface area contributed by atoms with Gasteiger partial charge in [0.1, 0.15) is 0 Å². The molecule has 0 amide bonds. The van der Waals surface area contributed by atoms with Gasteiger partial charge >= 0.3 is 19.5 Å². The quantitative estimate of drug-likeness (QED) is 0.238. The zero-order valence-corrected chi connectivity index (χ0v) is 7.99. The van der Waals surface area contributed by atoms with Crippen molar-refractivity contribution in [1.82, 2.24) is 0 Å². The van der Waals surface area contributed by atoms with E-state index in [1.165, 1.54) is 7.06 Å². The van der Waals surface area contributed by atoms with Crippen LogP contribution in [-0.2, 0) is 19.5 Å². The van der Waals surface area contributed by atoms with Gasteiger partial charge in [-0.05, 0) is 57.2 Å². The van der Waals surface area contributed by atoms with E-state index in [-0.39, 0.29) is 19.5 Å². The van der Waals surface area contributed by atoms with Gasteiger partial charge in [-0.2, -0.15) is 7.17 Å². The maximum atomic E-state index is 5.09. The normalized spacial score (nSPS) is 6.27. The molecule has 0 aliphatic carbocycles. The van der Waals surface area contributed by atoms with Crippen LogP contribution in [0.2, 0.25) is 0 Å². The van der Waals surface area contributed by atoms with E-state index >= 15 is 0 Å². The first-order valence-electron chi connectivity index (χ1n) is 3.07. The van der Waals surface area contributed by atoms with E-state index in [1.807, 2.05) is 35.3 Å². The summed E-state index contributed by atoms with van der Waals surface area (Å²) in [5.41, 5.74) is 0. The number of rotatable bonds is 7. The standard InChI is InChI=1S/CH2B9.Ru/c1-3-5-7-9-10-8-6-4-2;/h1H2;/q-1;+1. The molecule has 0 aromatic rings. The SMILES string of the molecule is [B][B][B][B][B][B][B][B][B][CH2-].[Ru+]. The van der Waals surface area contributed by atoms with Crippen molar-refractivity contribution in [2.24, 2.45) is 0 Å². The summed E-state index contributed by atoms with van der Waals surface area (Å²) in [6.45, 7) is 3.53. The van der Waals surface area contributed by atoms with Crippen molar-refractivity contribution in [1.29, 1.82) is 0 Å². The van der Waals surface area contributed by atoms with Gasteiger partial charge in [0, 0.05) is 0 Å². The summed E-state index contributed by atoms with van der Waals surface area (Å²) in [5.74, 6) is 0. The van der Waals surface area contributed by atoms with Crippen LogP contribution < -0.4 is 0 Å². The molecule has 0 saturated heterocycles. The summed E-state index contributed by atoms with van der Waals surface area (Å²) in [4.78, 5) is 0. The van der Waals surface area contributed by atoms with Gasteiger partial charge in [0.05, 0.1) is 0 Å². The number of hydrogen-bond donors (Lipinski definition) is 0. The first kappa shape index (κ1) is 14.7. The average molecular weight is 212 g/mol. The smallest absolute Gasteiger partial charge is 0.381 e. The second-order valence-electron chi connectivity index (χ2n) is 1.58. The van der Waals surface area contributed by atoms with E-state index in [0.29, 0.717) is 0 Å². The Bertz CT molecular complexity index is 49.5. The Labute approximate surface area is 90.5 Å². The van der Waals surface area contributed by atoms with E-state index in [1.54, 1.807) is 14.2 Å². The molecule has 0 aromatic heterocycles. The average Bonchev–Trinajstić information content (AvgIpc) is 1.97. The van der Waals surface area contributed by atoms with Crippen LogP contribution in [0.25, 0.3) is 0 Å². The molecule has 0 rings (SSSR count). The predicted octanol–water partition coefficient (Wildman–Crippen LogP) is -3.10. The Balaban J connectivity index is 0. The molecule has 0 fully saturated rings. The minimum Gasteiger partial charge on any atom is -0.381 e. The van der Waals surface area contributed by atoms with Gasteiger partial charge < -0.3 is 6.82 Å². The molecule has 0 unspecified atom stereocenters. The molecule has 0 N–H and O–H groups in total. The Morgan fingerprint density at radius 1 is 0.818 bits per heavy atom. The fourth-order valence-electron chi connectivity index (χ4n) is 0.399. The molecule has 0 saturated carbocycles. The van der Waals surface area contributed by atoms with Gasteiger partial charge in [-0.15, -0.1) is 0 Å². The summed E-state index contributed by atoms with van der Waals surface area (Å²) in [6, 6.07) is 0. The van der Waals surface area contributed by atoms with Crippen molar-refractivity contribution in [3.05, 3.63) is 6.82 Å². The zero-order chi connectivity index (χ0) is 7.66. The van der Waals surface area contributed by atoms with Gasteiger partial charge in [0.15, 0.2) is 0 Å². The van der Waals surface area contributed by atoms with Crippen molar-refractivity contribution < 1.29 is 19.5 Å². The first-order valence-corrected chi connectivity index (χ1v) is 3.07. The number of hydrogen-bond acceptors (Lipinski definition) is 0. The fraction of sp³-hybridized carbons (Fsp3) is 0. The van der Waals surface area contributed by atoms with Crippen LogP contribution in [0.4, 0.5) is 0 Å². The van der Waals surface area contributed by atoms with Crippen LogP contribution in [0.1, 0.15) is 0 Å². The monoisotopic (exact) mass is 215 g/mol. The Hall–Kier alpha value is 1.21. The van der Waals surface area contributed by atoms with Gasteiger partial charge in [0.2, 0.25) is 0 Å². The molecule has 10 heteroatoms. The molecule has 0 atom stereocenters. The van der Waals surface area contributed by atoms with Crippen LogP contribution in [0, 0.1) is 6.82 Å². The van der Waals surface area contributed by atoms with Gasteiger partial charge in [-0.1, -0.05) is 0 Å². The zero-order valence-electron chi connectivity index (χ0n) is 6.26. The second kappa shape index (κ2) is 13.8. The molecule has 11 radical (unpaired) electrons. The molecule has 0 spiro atoms. The van der Waals surface area contributed by atoms with Gasteiger partial charge in [-0.3, -0.25) is 0 Å². The summed E-state index contributed by atoms with van der Waals surface area (Å²) in [7, 11) is 19.5. The van der Waals surface area contributed by atoms with E-state index in [4.69, 9.17) is 7.74 Å². The molecular formula is CH2B9Ru. The van der Waals surface area contributed by atoms with Crippen molar-refractivity contribution in [3.63, 3.8) is 0 Å². The van der Waals surface area contributed by atoms with Gasteiger partial charge in [-0.25, -0.2) is 0 Å².